The number of imidazole rings is 1. The van der Waals surface area contributed by atoms with Crippen molar-refractivity contribution >= 4 is 11.8 Å². The zero-order valence-electron chi connectivity index (χ0n) is 8.85. The summed E-state index contributed by atoms with van der Waals surface area (Å²) in [6.45, 7) is 0. The third-order valence-corrected chi connectivity index (χ3v) is 4.62. The maximum atomic E-state index is 6.18. The van der Waals surface area contributed by atoms with E-state index in [1.807, 2.05) is 18.0 Å². The number of rotatable bonds is 1. The fourth-order valence-electron chi connectivity index (χ4n) is 2.64. The van der Waals surface area contributed by atoms with Crippen LogP contribution in [-0.4, -0.2) is 21.1 Å². The lowest BCUT2D eigenvalue weighted by atomic mass is 10.1. The van der Waals surface area contributed by atoms with Gasteiger partial charge in [-0.15, -0.1) is 0 Å². The molecular formula is C11H17N3S. The summed E-state index contributed by atoms with van der Waals surface area (Å²) in [5.41, 5.74) is 7.52. The van der Waals surface area contributed by atoms with Gasteiger partial charge in [-0.3, -0.25) is 0 Å². The van der Waals surface area contributed by atoms with E-state index in [0.717, 1.165) is 12.8 Å². The van der Waals surface area contributed by atoms with Crippen LogP contribution in [0.5, 0.6) is 0 Å². The van der Waals surface area contributed by atoms with Gasteiger partial charge in [-0.2, -0.15) is 11.8 Å². The van der Waals surface area contributed by atoms with Crippen molar-refractivity contribution in [3.8, 4) is 0 Å². The molecule has 0 saturated carbocycles. The van der Waals surface area contributed by atoms with Crippen LogP contribution in [0.15, 0.2) is 6.20 Å². The van der Waals surface area contributed by atoms with E-state index in [-0.39, 0.29) is 6.17 Å². The topological polar surface area (TPSA) is 43.8 Å². The van der Waals surface area contributed by atoms with Gasteiger partial charge in [0.05, 0.1) is 6.17 Å². The smallest absolute Gasteiger partial charge is 0.114 e. The average molecular weight is 223 g/mol. The predicted molar refractivity (Wildman–Crippen MR) is 63.1 cm³/mol. The van der Waals surface area contributed by atoms with Crippen molar-refractivity contribution in [2.45, 2.75) is 37.8 Å². The van der Waals surface area contributed by atoms with E-state index in [0.29, 0.717) is 5.92 Å². The number of aromatic nitrogens is 2. The minimum Gasteiger partial charge on any atom is -0.316 e. The lowest BCUT2D eigenvalue weighted by molar-refractivity contribution is 0.394. The van der Waals surface area contributed by atoms with Crippen molar-refractivity contribution in [2.24, 2.45) is 5.73 Å². The Hall–Kier alpha value is -0.480. The number of nitrogens with zero attached hydrogens (tertiary/aromatic N) is 2. The molecule has 0 amide bonds. The van der Waals surface area contributed by atoms with Crippen molar-refractivity contribution in [2.75, 3.05) is 11.5 Å². The number of fused-ring (bicyclic) bond motifs is 1. The molecule has 15 heavy (non-hydrogen) atoms. The van der Waals surface area contributed by atoms with Gasteiger partial charge in [0.15, 0.2) is 0 Å². The molecule has 1 aromatic heterocycles. The first-order valence-corrected chi connectivity index (χ1v) is 6.91. The zero-order valence-corrected chi connectivity index (χ0v) is 9.67. The Morgan fingerprint density at radius 1 is 1.47 bits per heavy atom. The molecule has 1 fully saturated rings. The molecule has 1 aromatic rings. The summed E-state index contributed by atoms with van der Waals surface area (Å²) in [5, 5.41) is 0. The van der Waals surface area contributed by atoms with E-state index in [1.54, 1.807) is 0 Å². The van der Waals surface area contributed by atoms with Crippen molar-refractivity contribution in [3.05, 3.63) is 17.7 Å². The van der Waals surface area contributed by atoms with Crippen LogP contribution in [0.3, 0.4) is 0 Å². The molecular weight excluding hydrogens is 206 g/mol. The third-order valence-electron chi connectivity index (χ3n) is 3.46. The molecule has 2 N–H and O–H groups in total. The Morgan fingerprint density at radius 3 is 3.20 bits per heavy atom. The van der Waals surface area contributed by atoms with Crippen molar-refractivity contribution in [1.82, 2.24) is 9.55 Å². The standard InChI is InChI=1S/C11H17N3S/c12-10-3-1-2-9-6-13-11(14(9)10)8-4-5-15-7-8/h6,8,10H,1-5,7,12H2. The van der Waals surface area contributed by atoms with Gasteiger partial charge in [-0.05, 0) is 31.4 Å². The maximum absolute atomic E-state index is 6.18. The van der Waals surface area contributed by atoms with Crippen LogP contribution in [-0.2, 0) is 6.42 Å². The lowest BCUT2D eigenvalue weighted by Gasteiger charge is -2.25. The Balaban J connectivity index is 1.97. The van der Waals surface area contributed by atoms with Gasteiger partial charge < -0.3 is 10.3 Å². The summed E-state index contributed by atoms with van der Waals surface area (Å²) in [6, 6.07) is 0. The molecule has 3 heterocycles. The quantitative estimate of drug-likeness (QED) is 0.791. The molecule has 0 radical (unpaired) electrons. The van der Waals surface area contributed by atoms with Gasteiger partial charge >= 0.3 is 0 Å². The fourth-order valence-corrected chi connectivity index (χ4v) is 3.86. The highest BCUT2D eigenvalue weighted by Gasteiger charge is 2.27. The van der Waals surface area contributed by atoms with Gasteiger partial charge in [0.25, 0.3) is 0 Å². The fraction of sp³-hybridized carbons (Fsp3) is 0.727. The predicted octanol–water partition coefficient (Wildman–Crippen LogP) is 1.90. The van der Waals surface area contributed by atoms with E-state index >= 15 is 0 Å². The Labute approximate surface area is 94.4 Å². The van der Waals surface area contributed by atoms with E-state index in [9.17, 15) is 0 Å². The minimum atomic E-state index is 0.178. The molecule has 2 aliphatic rings. The first-order chi connectivity index (χ1) is 7.36. The second-order valence-corrected chi connectivity index (χ2v) is 5.65. The molecule has 2 aliphatic heterocycles. The Morgan fingerprint density at radius 2 is 2.40 bits per heavy atom. The van der Waals surface area contributed by atoms with Gasteiger partial charge in [-0.25, -0.2) is 4.98 Å². The second-order valence-electron chi connectivity index (χ2n) is 4.50. The number of hydrogen-bond acceptors (Lipinski definition) is 3. The SMILES string of the molecule is NC1CCCc2cnc(C3CCSC3)n21. The van der Waals surface area contributed by atoms with E-state index in [4.69, 9.17) is 5.73 Å². The molecule has 1 saturated heterocycles. The van der Waals surface area contributed by atoms with E-state index in [2.05, 4.69) is 9.55 Å². The van der Waals surface area contributed by atoms with Crippen LogP contribution < -0.4 is 5.73 Å². The van der Waals surface area contributed by atoms with Crippen LogP contribution in [0.4, 0.5) is 0 Å². The molecule has 0 bridgehead atoms. The third kappa shape index (κ3) is 1.60. The molecule has 82 valence electrons. The van der Waals surface area contributed by atoms with Gasteiger partial charge in [-0.1, -0.05) is 0 Å². The zero-order chi connectivity index (χ0) is 10.3. The lowest BCUT2D eigenvalue weighted by Crippen LogP contribution is -2.27. The number of aryl methyl sites for hydroxylation is 1. The van der Waals surface area contributed by atoms with Crippen LogP contribution >= 0.6 is 11.8 Å². The number of thioether (sulfide) groups is 1. The Kier molecular flexibility index (Phi) is 2.48. The van der Waals surface area contributed by atoms with Crippen molar-refractivity contribution in [1.29, 1.82) is 0 Å². The maximum Gasteiger partial charge on any atom is 0.114 e. The van der Waals surface area contributed by atoms with Crippen molar-refractivity contribution in [3.63, 3.8) is 0 Å². The normalized spacial score (nSPS) is 30.5. The highest BCUT2D eigenvalue weighted by atomic mass is 32.2. The summed E-state index contributed by atoms with van der Waals surface area (Å²) in [4.78, 5) is 4.60. The summed E-state index contributed by atoms with van der Waals surface area (Å²) in [5.74, 6) is 4.40. The Bertz CT molecular complexity index is 355. The second kappa shape index (κ2) is 3.83. The van der Waals surface area contributed by atoms with Gasteiger partial charge in [0, 0.05) is 23.6 Å². The summed E-state index contributed by atoms with van der Waals surface area (Å²) in [7, 11) is 0. The molecule has 0 aliphatic carbocycles. The monoisotopic (exact) mass is 223 g/mol. The number of hydrogen-bond donors (Lipinski definition) is 1. The van der Waals surface area contributed by atoms with Crippen LogP contribution in [0.1, 0.15) is 42.9 Å². The molecule has 2 unspecified atom stereocenters. The first-order valence-electron chi connectivity index (χ1n) is 5.75. The summed E-state index contributed by atoms with van der Waals surface area (Å²) in [6.07, 6.45) is 6.96. The molecule has 3 nitrogen and oxygen atoms in total. The van der Waals surface area contributed by atoms with Gasteiger partial charge in [0.2, 0.25) is 0 Å². The van der Waals surface area contributed by atoms with Crippen LogP contribution in [0.2, 0.25) is 0 Å². The summed E-state index contributed by atoms with van der Waals surface area (Å²) < 4.78 is 2.31. The largest absolute Gasteiger partial charge is 0.316 e. The van der Waals surface area contributed by atoms with Crippen LogP contribution in [0.25, 0.3) is 0 Å². The highest BCUT2D eigenvalue weighted by molar-refractivity contribution is 7.99. The molecule has 4 heteroatoms. The molecule has 0 spiro atoms. The highest BCUT2D eigenvalue weighted by Crippen LogP contribution is 2.34. The molecule has 2 atom stereocenters. The van der Waals surface area contributed by atoms with Crippen molar-refractivity contribution < 1.29 is 0 Å². The average Bonchev–Trinajstić information content (AvgIpc) is 2.85. The molecule has 0 aromatic carbocycles. The van der Waals surface area contributed by atoms with E-state index < -0.39 is 0 Å². The van der Waals surface area contributed by atoms with Gasteiger partial charge in [0.1, 0.15) is 5.82 Å². The first kappa shape index (κ1) is 9.73. The minimum absolute atomic E-state index is 0.178. The van der Waals surface area contributed by atoms with E-state index in [1.165, 1.54) is 35.9 Å². The van der Waals surface area contributed by atoms with Crippen LogP contribution in [0, 0.1) is 0 Å². The molecule has 3 rings (SSSR count). The summed E-state index contributed by atoms with van der Waals surface area (Å²) >= 11 is 2.04. The number of nitrogens with two attached hydrogens (primary N) is 1.